The first kappa shape index (κ1) is 31.0. The zero-order chi connectivity index (χ0) is 30.9. The molecule has 4 aliphatic rings. The molecule has 0 radical (unpaired) electrons. The SMILES string of the molecule is CCCC(CCC1CCC1)(C/C(=C\C(=O)Nc1cccc2c1CCC(=C1CC1)N2)c1ccc(C(F)(F)F)cc1C)C1CCC1. The lowest BCUT2D eigenvalue weighted by atomic mass is 9.57. The maximum atomic E-state index is 13.8. The van der Waals surface area contributed by atoms with Crippen molar-refractivity contribution >= 4 is 22.9 Å². The minimum Gasteiger partial charge on any atom is -0.359 e. The number of hydrogen-bond donors (Lipinski definition) is 2. The molecule has 6 heteroatoms. The summed E-state index contributed by atoms with van der Waals surface area (Å²) in [7, 11) is 0. The molecule has 6 rings (SSSR count). The first-order chi connectivity index (χ1) is 21.1. The maximum Gasteiger partial charge on any atom is 0.416 e. The van der Waals surface area contributed by atoms with Gasteiger partial charge >= 0.3 is 6.18 Å². The van der Waals surface area contributed by atoms with Gasteiger partial charge in [0.25, 0.3) is 0 Å². The molecule has 1 atom stereocenters. The van der Waals surface area contributed by atoms with Crippen molar-refractivity contribution in [3.05, 3.63) is 76.0 Å². The number of anilines is 2. The van der Waals surface area contributed by atoms with Crippen LogP contribution in [0, 0.1) is 24.2 Å². The second kappa shape index (κ2) is 12.8. The number of nitrogens with one attached hydrogen (secondary N) is 2. The summed E-state index contributed by atoms with van der Waals surface area (Å²) in [5.74, 6) is 1.19. The highest BCUT2D eigenvalue weighted by molar-refractivity contribution is 6.05. The highest BCUT2D eigenvalue weighted by Crippen LogP contribution is 2.54. The predicted molar refractivity (Wildman–Crippen MR) is 173 cm³/mol. The quantitative estimate of drug-likeness (QED) is 0.251. The Morgan fingerprint density at radius 3 is 2.39 bits per heavy atom. The van der Waals surface area contributed by atoms with Crippen LogP contribution < -0.4 is 10.6 Å². The number of alkyl halides is 3. The molecule has 1 unspecified atom stereocenters. The molecule has 1 heterocycles. The van der Waals surface area contributed by atoms with Crippen molar-refractivity contribution in [2.75, 3.05) is 10.6 Å². The average Bonchev–Trinajstić information content (AvgIpc) is 3.76. The van der Waals surface area contributed by atoms with Crippen LogP contribution in [0.2, 0.25) is 0 Å². The molecule has 0 bridgehead atoms. The summed E-state index contributed by atoms with van der Waals surface area (Å²) < 4.78 is 40.9. The largest absolute Gasteiger partial charge is 0.416 e. The van der Waals surface area contributed by atoms with Crippen molar-refractivity contribution in [1.29, 1.82) is 0 Å². The molecular formula is C38H47F3N2O. The summed E-state index contributed by atoms with van der Waals surface area (Å²) in [5.41, 5.74) is 7.41. The monoisotopic (exact) mass is 604 g/mol. The van der Waals surface area contributed by atoms with E-state index < -0.39 is 11.7 Å². The fraction of sp³-hybridized carbons (Fsp3) is 0.553. The number of benzene rings is 2. The average molecular weight is 605 g/mol. The molecule has 3 fully saturated rings. The Labute approximate surface area is 260 Å². The maximum absolute atomic E-state index is 13.8. The number of carbonyl (C=O) groups is 1. The predicted octanol–water partition coefficient (Wildman–Crippen LogP) is 11.0. The number of allylic oxidation sites excluding steroid dienone is 3. The van der Waals surface area contributed by atoms with Crippen LogP contribution in [0.5, 0.6) is 0 Å². The first-order valence-electron chi connectivity index (χ1n) is 16.9. The Morgan fingerprint density at radius 1 is 1.00 bits per heavy atom. The van der Waals surface area contributed by atoms with E-state index in [1.807, 2.05) is 12.1 Å². The molecule has 3 aliphatic carbocycles. The summed E-state index contributed by atoms with van der Waals surface area (Å²) in [5, 5.41) is 6.77. The van der Waals surface area contributed by atoms with E-state index in [0.29, 0.717) is 11.5 Å². The fourth-order valence-electron chi connectivity index (χ4n) is 7.97. The Morgan fingerprint density at radius 2 is 1.77 bits per heavy atom. The lowest BCUT2D eigenvalue weighted by molar-refractivity contribution is -0.137. The third-order valence-electron chi connectivity index (χ3n) is 11.0. The number of hydrogen-bond acceptors (Lipinski definition) is 2. The second-order valence-electron chi connectivity index (χ2n) is 14.0. The van der Waals surface area contributed by atoms with Gasteiger partial charge in [0.15, 0.2) is 0 Å². The molecule has 3 saturated carbocycles. The van der Waals surface area contributed by atoms with Crippen LogP contribution in [0.4, 0.5) is 24.5 Å². The highest BCUT2D eigenvalue weighted by atomic mass is 19.4. The molecule has 1 amide bonds. The van der Waals surface area contributed by atoms with Gasteiger partial charge in [0.2, 0.25) is 5.91 Å². The third-order valence-corrected chi connectivity index (χ3v) is 11.0. The van der Waals surface area contributed by atoms with Gasteiger partial charge in [-0.3, -0.25) is 4.79 Å². The van der Waals surface area contributed by atoms with Crippen LogP contribution in [0.3, 0.4) is 0 Å². The van der Waals surface area contributed by atoms with Crippen LogP contribution in [0.1, 0.15) is 119 Å². The first-order valence-corrected chi connectivity index (χ1v) is 16.9. The zero-order valence-electron chi connectivity index (χ0n) is 26.3. The fourth-order valence-corrected chi connectivity index (χ4v) is 7.97. The summed E-state index contributed by atoms with van der Waals surface area (Å²) in [6, 6.07) is 10.0. The number of aryl methyl sites for hydroxylation is 1. The van der Waals surface area contributed by atoms with Crippen LogP contribution >= 0.6 is 0 Å². The van der Waals surface area contributed by atoms with Crippen molar-refractivity contribution in [1.82, 2.24) is 0 Å². The van der Waals surface area contributed by atoms with E-state index in [2.05, 4.69) is 23.6 Å². The number of halogens is 3. The number of rotatable bonds is 11. The Kier molecular flexibility index (Phi) is 8.99. The topological polar surface area (TPSA) is 41.1 Å². The van der Waals surface area contributed by atoms with Gasteiger partial charge in [-0.05, 0) is 135 Å². The standard InChI is InChI=1S/C38H47F3N2O/c1-3-20-37(29-9-5-10-29,21-19-26-7-4-8-26)24-28(31-16-15-30(22-25(31)2)38(39,40)41)23-36(44)43-35-12-6-11-34-32(35)17-18-33(42-34)27-13-14-27/h6,11-12,15-16,22-23,26,29,42H,3-5,7-10,13-14,17-21,24H2,1-2H3,(H,43,44)/b28-23+. The Bertz CT molecular complexity index is 1440. The molecule has 0 aromatic heterocycles. The van der Waals surface area contributed by atoms with Gasteiger partial charge in [-0.25, -0.2) is 0 Å². The van der Waals surface area contributed by atoms with Crippen molar-refractivity contribution in [3.8, 4) is 0 Å². The zero-order valence-corrected chi connectivity index (χ0v) is 26.3. The van der Waals surface area contributed by atoms with E-state index >= 15 is 0 Å². The lowest BCUT2D eigenvalue weighted by Crippen LogP contribution is -2.36. The second-order valence-corrected chi connectivity index (χ2v) is 14.0. The molecule has 44 heavy (non-hydrogen) atoms. The number of amides is 1. The minimum atomic E-state index is -4.40. The van der Waals surface area contributed by atoms with Crippen molar-refractivity contribution in [2.24, 2.45) is 17.3 Å². The van der Waals surface area contributed by atoms with Crippen LogP contribution in [0.25, 0.3) is 5.57 Å². The van der Waals surface area contributed by atoms with Crippen LogP contribution in [-0.4, -0.2) is 5.91 Å². The van der Waals surface area contributed by atoms with E-state index in [1.54, 1.807) is 19.1 Å². The number of carbonyl (C=O) groups excluding carboxylic acids is 1. The summed E-state index contributed by atoms with van der Waals surface area (Å²) >= 11 is 0. The number of fused-ring (bicyclic) bond motifs is 1. The van der Waals surface area contributed by atoms with Crippen molar-refractivity contribution in [2.45, 2.75) is 116 Å². The molecule has 3 nitrogen and oxygen atoms in total. The molecule has 2 N–H and O–H groups in total. The van der Waals surface area contributed by atoms with E-state index in [0.717, 1.165) is 72.5 Å². The van der Waals surface area contributed by atoms with E-state index in [-0.39, 0.29) is 11.3 Å². The van der Waals surface area contributed by atoms with E-state index in [9.17, 15) is 18.0 Å². The van der Waals surface area contributed by atoms with Crippen molar-refractivity contribution in [3.63, 3.8) is 0 Å². The van der Waals surface area contributed by atoms with Crippen LogP contribution in [0.15, 0.2) is 53.7 Å². The summed E-state index contributed by atoms with van der Waals surface area (Å²) in [4.78, 5) is 13.8. The summed E-state index contributed by atoms with van der Waals surface area (Å²) in [6.45, 7) is 3.99. The van der Waals surface area contributed by atoms with Gasteiger partial charge in [-0.15, -0.1) is 0 Å². The Balaban J connectivity index is 1.33. The smallest absolute Gasteiger partial charge is 0.359 e. The molecule has 0 saturated heterocycles. The van der Waals surface area contributed by atoms with Crippen LogP contribution in [-0.2, 0) is 17.4 Å². The van der Waals surface area contributed by atoms with Crippen molar-refractivity contribution < 1.29 is 18.0 Å². The lowest BCUT2D eigenvalue weighted by Gasteiger charge is -2.48. The van der Waals surface area contributed by atoms with Gasteiger partial charge < -0.3 is 10.6 Å². The molecule has 2 aromatic rings. The van der Waals surface area contributed by atoms with Gasteiger partial charge in [0.1, 0.15) is 0 Å². The van der Waals surface area contributed by atoms with Gasteiger partial charge in [0.05, 0.1) is 5.56 Å². The van der Waals surface area contributed by atoms with Gasteiger partial charge in [-0.1, -0.05) is 56.7 Å². The molecule has 1 aliphatic heterocycles. The van der Waals surface area contributed by atoms with Gasteiger partial charge in [0, 0.05) is 23.1 Å². The third kappa shape index (κ3) is 6.79. The summed E-state index contributed by atoms with van der Waals surface area (Å²) in [6.07, 6.45) is 14.3. The molecule has 236 valence electrons. The van der Waals surface area contributed by atoms with E-state index in [4.69, 9.17) is 0 Å². The Hall–Kier alpha value is -3.02. The molecule has 0 spiro atoms. The van der Waals surface area contributed by atoms with Gasteiger partial charge in [-0.2, -0.15) is 13.2 Å². The minimum absolute atomic E-state index is 0.0619. The molecular weight excluding hydrogens is 557 g/mol. The molecule has 2 aromatic carbocycles. The highest BCUT2D eigenvalue weighted by Gasteiger charge is 2.42. The normalized spacial score (nSPS) is 20.2. The van der Waals surface area contributed by atoms with E-state index in [1.165, 1.54) is 81.2 Å².